The van der Waals surface area contributed by atoms with Crippen LogP contribution in [0.1, 0.15) is 31.2 Å². The van der Waals surface area contributed by atoms with E-state index < -0.39 is 5.67 Å². The zero-order chi connectivity index (χ0) is 21.3. The topological polar surface area (TPSA) is 43.2 Å². The molecule has 2 heterocycles. The van der Waals surface area contributed by atoms with Gasteiger partial charge in [0.2, 0.25) is 0 Å². The van der Waals surface area contributed by atoms with Gasteiger partial charge >= 0.3 is 0 Å². The van der Waals surface area contributed by atoms with Crippen molar-refractivity contribution < 1.29 is 9.13 Å². The summed E-state index contributed by atoms with van der Waals surface area (Å²) in [7, 11) is 0. The van der Waals surface area contributed by atoms with E-state index in [-0.39, 0.29) is 0 Å². The van der Waals surface area contributed by atoms with Crippen molar-refractivity contribution in [2.24, 2.45) is 5.92 Å². The molecule has 0 amide bonds. The van der Waals surface area contributed by atoms with Crippen LogP contribution in [0, 0.1) is 5.92 Å². The number of rotatable bonds is 8. The maximum absolute atomic E-state index is 15.2. The number of benzene rings is 2. The van der Waals surface area contributed by atoms with Gasteiger partial charge in [-0.25, -0.2) is 9.07 Å². The van der Waals surface area contributed by atoms with E-state index >= 15 is 4.39 Å². The summed E-state index contributed by atoms with van der Waals surface area (Å²) in [5.41, 5.74) is 1.87. The Morgan fingerprint density at radius 3 is 2.61 bits per heavy atom. The highest BCUT2D eigenvalue weighted by Gasteiger charge is 2.34. The third-order valence-electron chi connectivity index (χ3n) is 6.50. The Morgan fingerprint density at radius 2 is 1.87 bits per heavy atom. The van der Waals surface area contributed by atoms with E-state index in [1.54, 1.807) is 0 Å². The van der Waals surface area contributed by atoms with E-state index in [1.165, 1.54) is 12.8 Å². The van der Waals surface area contributed by atoms with Crippen LogP contribution >= 0.6 is 15.9 Å². The molecule has 2 aromatic carbocycles. The maximum atomic E-state index is 15.2. The average Bonchev–Trinajstić information content (AvgIpc) is 3.50. The minimum Gasteiger partial charge on any atom is -0.491 e. The van der Waals surface area contributed by atoms with Crippen molar-refractivity contribution in [3.05, 3.63) is 52.5 Å². The first-order valence-electron chi connectivity index (χ1n) is 11.2. The van der Waals surface area contributed by atoms with Crippen LogP contribution in [0.5, 0.6) is 5.75 Å². The molecule has 1 aromatic heterocycles. The second kappa shape index (κ2) is 8.87. The fraction of sp³-hybridized carbons (Fsp3) is 0.500. The highest BCUT2D eigenvalue weighted by molar-refractivity contribution is 9.10. The Morgan fingerprint density at radius 1 is 1.10 bits per heavy atom. The molecule has 5 nitrogen and oxygen atoms in total. The van der Waals surface area contributed by atoms with Crippen LogP contribution in [-0.4, -0.2) is 51.8 Å². The number of fused-ring (bicyclic) bond motifs is 1. The smallest absolute Gasteiger partial charge is 0.135 e. The van der Waals surface area contributed by atoms with Gasteiger partial charge in [-0.05, 0) is 65.2 Å². The molecule has 0 bridgehead atoms. The van der Waals surface area contributed by atoms with Gasteiger partial charge in [0, 0.05) is 32.6 Å². The van der Waals surface area contributed by atoms with E-state index in [1.807, 2.05) is 47.1 Å². The van der Waals surface area contributed by atoms with Crippen molar-refractivity contribution in [1.29, 1.82) is 0 Å². The molecule has 2 fully saturated rings. The number of alkyl halides is 1. The summed E-state index contributed by atoms with van der Waals surface area (Å²) in [6.07, 6.45) is 4.22. The number of nitrogens with zero attached hydrogens (tertiary/aromatic N) is 4. The van der Waals surface area contributed by atoms with Crippen LogP contribution in [0.15, 0.2) is 46.9 Å². The van der Waals surface area contributed by atoms with Crippen LogP contribution in [0.2, 0.25) is 0 Å². The van der Waals surface area contributed by atoms with Crippen LogP contribution in [0.25, 0.3) is 11.0 Å². The number of hydrogen-bond donors (Lipinski definition) is 0. The summed E-state index contributed by atoms with van der Waals surface area (Å²) >= 11 is 3.65. The van der Waals surface area contributed by atoms with Gasteiger partial charge < -0.3 is 4.74 Å². The van der Waals surface area contributed by atoms with Gasteiger partial charge in [-0.1, -0.05) is 35.5 Å². The molecule has 0 unspecified atom stereocenters. The third kappa shape index (κ3) is 4.93. The monoisotopic (exact) mass is 486 g/mol. The molecule has 1 saturated carbocycles. The number of piperidine rings is 1. The lowest BCUT2D eigenvalue weighted by Gasteiger charge is -2.36. The Bertz CT molecular complexity index is 1030. The average molecular weight is 487 g/mol. The molecule has 0 N–H and O–H groups in total. The molecule has 1 saturated heterocycles. The summed E-state index contributed by atoms with van der Waals surface area (Å²) < 4.78 is 24.1. The van der Waals surface area contributed by atoms with Crippen molar-refractivity contribution in [3.8, 4) is 5.75 Å². The largest absolute Gasteiger partial charge is 0.491 e. The molecule has 3 aromatic rings. The lowest BCUT2D eigenvalue weighted by molar-refractivity contribution is 0.0526. The molecule has 1 aliphatic carbocycles. The second-order valence-electron chi connectivity index (χ2n) is 8.96. The Kier molecular flexibility index (Phi) is 5.97. The first-order valence-corrected chi connectivity index (χ1v) is 12.0. The Labute approximate surface area is 190 Å². The summed E-state index contributed by atoms with van der Waals surface area (Å²) in [6, 6.07) is 14.0. The summed E-state index contributed by atoms with van der Waals surface area (Å²) in [6.45, 7) is 3.84. The van der Waals surface area contributed by atoms with Gasteiger partial charge in [-0.2, -0.15) is 0 Å². The van der Waals surface area contributed by atoms with Crippen LogP contribution in [-0.2, 0) is 13.0 Å². The van der Waals surface area contributed by atoms with Gasteiger partial charge in [0.25, 0.3) is 0 Å². The highest BCUT2D eigenvalue weighted by atomic mass is 79.9. The SMILES string of the molecule is FC1(Cc2ccccc2)CCN(CCOc2ccc3c(nnn3CC3CC3)c2Br)CC1. The van der Waals surface area contributed by atoms with Crippen molar-refractivity contribution in [3.63, 3.8) is 0 Å². The fourth-order valence-corrected chi connectivity index (χ4v) is 4.91. The lowest BCUT2D eigenvalue weighted by Crippen LogP contribution is -2.44. The van der Waals surface area contributed by atoms with E-state index in [0.717, 1.165) is 58.9 Å². The molecule has 0 radical (unpaired) electrons. The number of ether oxygens (including phenoxy) is 1. The fourth-order valence-electron chi connectivity index (χ4n) is 4.38. The second-order valence-corrected chi connectivity index (χ2v) is 9.76. The molecular weight excluding hydrogens is 459 g/mol. The number of hydrogen-bond acceptors (Lipinski definition) is 4. The Hall–Kier alpha value is -1.99. The standard InChI is InChI=1S/C24H28BrFN4O/c25-22-21(9-8-20-23(22)27-28-30(20)17-19-6-7-19)31-15-14-29-12-10-24(26,11-13-29)16-18-4-2-1-3-5-18/h1-5,8-9,19H,6-7,10-17H2. The van der Waals surface area contributed by atoms with Crippen molar-refractivity contribution in [1.82, 2.24) is 19.9 Å². The molecule has 2 aliphatic rings. The molecule has 164 valence electrons. The van der Waals surface area contributed by atoms with Crippen LogP contribution in [0.3, 0.4) is 0 Å². The zero-order valence-corrected chi connectivity index (χ0v) is 19.2. The van der Waals surface area contributed by atoms with E-state index in [4.69, 9.17) is 4.74 Å². The molecular formula is C24H28BrFN4O. The summed E-state index contributed by atoms with van der Waals surface area (Å²) in [5.74, 6) is 1.53. The molecule has 0 atom stereocenters. The number of halogens is 2. The zero-order valence-electron chi connectivity index (χ0n) is 17.6. The minimum absolute atomic E-state index is 0.507. The van der Waals surface area contributed by atoms with Gasteiger partial charge in [0.05, 0.1) is 9.99 Å². The van der Waals surface area contributed by atoms with E-state index in [9.17, 15) is 0 Å². The van der Waals surface area contributed by atoms with Gasteiger partial charge in [-0.3, -0.25) is 4.90 Å². The quantitative estimate of drug-likeness (QED) is 0.447. The van der Waals surface area contributed by atoms with Crippen molar-refractivity contribution in [2.75, 3.05) is 26.2 Å². The maximum Gasteiger partial charge on any atom is 0.135 e. The highest BCUT2D eigenvalue weighted by Crippen LogP contribution is 2.35. The van der Waals surface area contributed by atoms with E-state index in [0.29, 0.717) is 25.9 Å². The van der Waals surface area contributed by atoms with Crippen LogP contribution < -0.4 is 4.74 Å². The van der Waals surface area contributed by atoms with Crippen LogP contribution in [0.4, 0.5) is 4.39 Å². The van der Waals surface area contributed by atoms with Gasteiger partial charge in [-0.15, -0.1) is 5.10 Å². The van der Waals surface area contributed by atoms with Crippen molar-refractivity contribution in [2.45, 2.75) is 44.3 Å². The first-order chi connectivity index (χ1) is 15.1. The number of aromatic nitrogens is 3. The first kappa shape index (κ1) is 20.9. The van der Waals surface area contributed by atoms with E-state index in [2.05, 4.69) is 31.1 Å². The predicted octanol–water partition coefficient (Wildman–Crippen LogP) is 5.03. The number of likely N-dealkylation sites (tertiary alicyclic amines) is 1. The normalized spacial score (nSPS) is 19.0. The minimum atomic E-state index is -1.10. The van der Waals surface area contributed by atoms with Gasteiger partial charge in [0.1, 0.15) is 23.5 Å². The molecule has 5 rings (SSSR count). The molecule has 1 aliphatic heterocycles. The molecule has 31 heavy (non-hydrogen) atoms. The lowest BCUT2D eigenvalue weighted by atomic mass is 9.87. The predicted molar refractivity (Wildman–Crippen MR) is 123 cm³/mol. The summed E-state index contributed by atoms with van der Waals surface area (Å²) in [5, 5.41) is 8.65. The molecule has 7 heteroatoms. The third-order valence-corrected chi connectivity index (χ3v) is 7.27. The van der Waals surface area contributed by atoms with Gasteiger partial charge in [0.15, 0.2) is 0 Å². The summed E-state index contributed by atoms with van der Waals surface area (Å²) in [4.78, 5) is 2.29. The molecule has 0 spiro atoms. The van der Waals surface area contributed by atoms with Crippen molar-refractivity contribution >= 4 is 27.0 Å². The Balaban J connectivity index is 1.12.